The minimum Gasteiger partial charge on any atom is -0.503 e. The van der Waals surface area contributed by atoms with E-state index in [1.54, 1.807) is 60.9 Å². The van der Waals surface area contributed by atoms with Gasteiger partial charge in [0.2, 0.25) is 5.78 Å². The van der Waals surface area contributed by atoms with E-state index in [2.05, 4.69) is 9.97 Å². The molecule has 0 aliphatic carbocycles. The van der Waals surface area contributed by atoms with E-state index in [9.17, 15) is 14.7 Å². The summed E-state index contributed by atoms with van der Waals surface area (Å²) in [5.41, 5.74) is 1.24. The first-order valence-electron chi connectivity index (χ1n) is 10.3. The number of hydrogen-bond donors (Lipinski definition) is 1. The van der Waals surface area contributed by atoms with Gasteiger partial charge in [-0.3, -0.25) is 19.6 Å². The number of aromatic nitrogens is 2. The fourth-order valence-corrected chi connectivity index (χ4v) is 4.26. The molecule has 170 valence electrons. The fraction of sp³-hybridized carbons (Fsp3) is 0.120. The molecule has 3 aromatic heterocycles. The molecule has 1 N–H and O–H groups in total. The number of hydrogen-bond acceptors (Lipinski definition) is 7. The second kappa shape index (κ2) is 8.64. The number of ketones is 1. The second-order valence-electron chi connectivity index (χ2n) is 7.64. The molecule has 0 saturated heterocycles. The van der Waals surface area contributed by atoms with Crippen molar-refractivity contribution in [3.63, 3.8) is 0 Å². The zero-order chi connectivity index (χ0) is 23.8. The molecule has 1 atom stereocenters. The SMILES string of the molecule is COc1cc(Cl)cc2cc(C(=O)C3=C(O)C(=O)N(Cc4ccccn4)C3c3ccccn3)oc12. The number of benzene rings is 1. The van der Waals surface area contributed by atoms with Crippen LogP contribution in [0.1, 0.15) is 28.0 Å². The van der Waals surface area contributed by atoms with Gasteiger partial charge in [0, 0.05) is 28.9 Å². The van der Waals surface area contributed by atoms with Gasteiger partial charge >= 0.3 is 0 Å². The number of amides is 1. The van der Waals surface area contributed by atoms with Crippen molar-refractivity contribution in [1.29, 1.82) is 0 Å². The summed E-state index contributed by atoms with van der Waals surface area (Å²) in [7, 11) is 1.46. The highest BCUT2D eigenvalue weighted by molar-refractivity contribution is 6.31. The minimum atomic E-state index is -0.929. The van der Waals surface area contributed by atoms with Crippen LogP contribution in [-0.4, -0.2) is 38.8 Å². The Morgan fingerprint density at radius 3 is 2.59 bits per heavy atom. The van der Waals surface area contributed by atoms with Crippen molar-refractivity contribution < 1.29 is 23.8 Å². The number of halogens is 1. The number of ether oxygens (including phenoxy) is 1. The molecule has 0 saturated carbocycles. The van der Waals surface area contributed by atoms with Crippen LogP contribution in [-0.2, 0) is 11.3 Å². The van der Waals surface area contributed by atoms with Gasteiger partial charge in [-0.05, 0) is 36.4 Å². The van der Waals surface area contributed by atoms with Gasteiger partial charge < -0.3 is 19.2 Å². The Labute approximate surface area is 199 Å². The van der Waals surface area contributed by atoms with Gasteiger partial charge in [-0.2, -0.15) is 0 Å². The van der Waals surface area contributed by atoms with Crippen molar-refractivity contribution >= 4 is 34.3 Å². The maximum atomic E-state index is 13.6. The van der Waals surface area contributed by atoms with Gasteiger partial charge in [-0.1, -0.05) is 23.7 Å². The first kappa shape index (κ1) is 21.7. The fourth-order valence-electron chi connectivity index (χ4n) is 4.04. The van der Waals surface area contributed by atoms with Gasteiger partial charge in [0.25, 0.3) is 5.91 Å². The molecule has 34 heavy (non-hydrogen) atoms. The molecule has 1 aliphatic heterocycles. The quantitative estimate of drug-likeness (QED) is 0.404. The van der Waals surface area contributed by atoms with E-state index in [0.717, 1.165) is 0 Å². The van der Waals surface area contributed by atoms with Crippen molar-refractivity contribution in [1.82, 2.24) is 14.9 Å². The number of Topliss-reactive ketones (excluding diaryl/α,β-unsaturated/α-hetero) is 1. The van der Waals surface area contributed by atoms with E-state index in [0.29, 0.717) is 33.1 Å². The predicted molar refractivity (Wildman–Crippen MR) is 124 cm³/mol. The Kier molecular flexibility index (Phi) is 5.51. The molecular formula is C25H18ClN3O5. The molecule has 5 rings (SSSR count). The van der Waals surface area contributed by atoms with Gasteiger partial charge in [-0.25, -0.2) is 0 Å². The van der Waals surface area contributed by atoms with Crippen molar-refractivity contribution in [2.75, 3.05) is 7.11 Å². The molecule has 0 fully saturated rings. The van der Waals surface area contributed by atoms with E-state index in [1.165, 1.54) is 18.1 Å². The van der Waals surface area contributed by atoms with Crippen molar-refractivity contribution in [2.24, 2.45) is 0 Å². The molecule has 8 nitrogen and oxygen atoms in total. The summed E-state index contributed by atoms with van der Waals surface area (Å²) in [5.74, 6) is -1.69. The van der Waals surface area contributed by atoms with Gasteiger partial charge in [0.15, 0.2) is 22.9 Å². The molecule has 1 aliphatic rings. The summed E-state index contributed by atoms with van der Waals surface area (Å²) in [6.07, 6.45) is 3.17. The monoisotopic (exact) mass is 475 g/mol. The van der Waals surface area contributed by atoms with Crippen LogP contribution in [0.4, 0.5) is 0 Å². The third kappa shape index (κ3) is 3.68. The van der Waals surface area contributed by atoms with E-state index >= 15 is 0 Å². The molecule has 0 bridgehead atoms. The summed E-state index contributed by atoms with van der Waals surface area (Å²) in [5, 5.41) is 11.8. The highest BCUT2D eigenvalue weighted by atomic mass is 35.5. The third-order valence-corrected chi connectivity index (χ3v) is 5.78. The van der Waals surface area contributed by atoms with Gasteiger partial charge in [-0.15, -0.1) is 0 Å². The van der Waals surface area contributed by atoms with Crippen molar-refractivity contribution in [3.05, 3.63) is 100 Å². The zero-order valence-electron chi connectivity index (χ0n) is 17.9. The standard InChI is InChI=1S/C25H18ClN3O5/c1-33-19-12-15(26)10-14-11-18(34-24(14)19)22(30)20-21(17-7-3-5-9-28-17)29(25(32)23(20)31)13-16-6-2-4-8-27-16/h2-12,21,31H,13H2,1H3. The Hall–Kier alpha value is -4.17. The number of carbonyl (C=O) groups excluding carboxylic acids is 2. The molecular weight excluding hydrogens is 458 g/mol. The average molecular weight is 476 g/mol. The number of aliphatic hydroxyl groups excluding tert-OH is 1. The van der Waals surface area contributed by atoms with Crippen LogP contribution >= 0.6 is 11.6 Å². The molecule has 1 unspecified atom stereocenters. The minimum absolute atomic E-state index is 0.0643. The van der Waals surface area contributed by atoms with Gasteiger partial charge in [0.1, 0.15) is 6.04 Å². The molecule has 1 amide bonds. The van der Waals surface area contributed by atoms with Crippen LogP contribution < -0.4 is 4.74 Å². The van der Waals surface area contributed by atoms with Crippen molar-refractivity contribution in [2.45, 2.75) is 12.6 Å². The maximum absolute atomic E-state index is 13.6. The highest BCUT2D eigenvalue weighted by Gasteiger charge is 2.45. The molecule has 0 spiro atoms. The number of rotatable bonds is 6. The van der Waals surface area contributed by atoms with Crippen LogP contribution in [0, 0.1) is 0 Å². The summed E-state index contributed by atoms with van der Waals surface area (Å²) in [4.78, 5) is 36.7. The number of fused-ring (bicyclic) bond motifs is 1. The Morgan fingerprint density at radius 2 is 1.91 bits per heavy atom. The Bertz CT molecular complexity index is 1430. The number of furan rings is 1. The number of carbonyl (C=O) groups is 2. The summed E-state index contributed by atoms with van der Waals surface area (Å²) in [6, 6.07) is 14.3. The molecule has 4 heterocycles. The van der Waals surface area contributed by atoms with E-state index in [4.69, 9.17) is 20.8 Å². The number of pyridine rings is 2. The number of aliphatic hydroxyl groups is 1. The number of nitrogens with zero attached hydrogens (tertiary/aromatic N) is 3. The summed E-state index contributed by atoms with van der Waals surface area (Å²) >= 11 is 6.14. The normalized spacial score (nSPS) is 15.9. The first-order chi connectivity index (χ1) is 16.5. The lowest BCUT2D eigenvalue weighted by Gasteiger charge is -2.25. The van der Waals surface area contributed by atoms with Crippen LogP contribution in [0.15, 0.2) is 82.7 Å². The van der Waals surface area contributed by atoms with Gasteiger partial charge in [0.05, 0.1) is 30.6 Å². The molecule has 0 radical (unpaired) electrons. The second-order valence-corrected chi connectivity index (χ2v) is 8.08. The summed E-state index contributed by atoms with van der Waals surface area (Å²) < 4.78 is 11.1. The Balaban J connectivity index is 1.60. The van der Waals surface area contributed by atoms with Crippen molar-refractivity contribution in [3.8, 4) is 5.75 Å². The van der Waals surface area contributed by atoms with E-state index < -0.39 is 23.5 Å². The zero-order valence-corrected chi connectivity index (χ0v) is 18.7. The van der Waals surface area contributed by atoms with Crippen LogP contribution in [0.5, 0.6) is 5.75 Å². The topological polar surface area (TPSA) is 106 Å². The third-order valence-electron chi connectivity index (χ3n) is 5.57. The highest BCUT2D eigenvalue weighted by Crippen LogP contribution is 2.40. The van der Waals surface area contributed by atoms with Crippen LogP contribution in [0.25, 0.3) is 11.0 Å². The number of methoxy groups -OCH3 is 1. The average Bonchev–Trinajstić information content (AvgIpc) is 3.39. The lowest BCUT2D eigenvalue weighted by atomic mass is 9.98. The van der Waals surface area contributed by atoms with Crippen LogP contribution in [0.3, 0.4) is 0 Å². The summed E-state index contributed by atoms with van der Waals surface area (Å²) in [6.45, 7) is 0.0747. The lowest BCUT2D eigenvalue weighted by Crippen LogP contribution is -2.31. The maximum Gasteiger partial charge on any atom is 0.290 e. The predicted octanol–water partition coefficient (Wildman–Crippen LogP) is 4.66. The molecule has 1 aromatic carbocycles. The Morgan fingerprint density at radius 1 is 1.15 bits per heavy atom. The van der Waals surface area contributed by atoms with E-state index in [1.807, 2.05) is 0 Å². The first-order valence-corrected chi connectivity index (χ1v) is 10.7. The molecule has 4 aromatic rings. The lowest BCUT2D eigenvalue weighted by molar-refractivity contribution is -0.130. The van der Waals surface area contributed by atoms with Crippen LogP contribution in [0.2, 0.25) is 5.02 Å². The largest absolute Gasteiger partial charge is 0.503 e. The van der Waals surface area contributed by atoms with E-state index in [-0.39, 0.29) is 17.9 Å². The molecule has 9 heteroatoms. The smallest absolute Gasteiger partial charge is 0.290 e.